The van der Waals surface area contributed by atoms with Crippen molar-refractivity contribution >= 4 is 11.8 Å². The topological polar surface area (TPSA) is 59.0 Å². The van der Waals surface area contributed by atoms with Crippen LogP contribution in [0.3, 0.4) is 0 Å². The first-order chi connectivity index (χ1) is 10.2. The molecule has 0 bridgehead atoms. The second-order valence-electron chi connectivity index (χ2n) is 4.49. The van der Waals surface area contributed by atoms with Crippen molar-refractivity contribution in [3.05, 3.63) is 41.8 Å². The Morgan fingerprint density at radius 1 is 1.32 bits per heavy atom. The maximum absolute atomic E-state index is 13.2. The van der Waals surface area contributed by atoms with Crippen LogP contribution in [-0.4, -0.2) is 28.5 Å². The van der Waals surface area contributed by atoms with Gasteiger partial charge in [-0.3, -0.25) is 5.32 Å². The van der Waals surface area contributed by atoms with Crippen molar-refractivity contribution < 1.29 is 22.4 Å². The highest BCUT2D eigenvalue weighted by Crippen LogP contribution is 2.16. The summed E-state index contributed by atoms with van der Waals surface area (Å²) >= 11 is 0. The van der Waals surface area contributed by atoms with Gasteiger partial charge >= 0.3 is 12.2 Å². The molecule has 0 aliphatic heterocycles. The molecule has 1 aromatic heterocycles. The van der Waals surface area contributed by atoms with Crippen LogP contribution in [0.15, 0.2) is 30.3 Å². The fourth-order valence-corrected chi connectivity index (χ4v) is 1.75. The zero-order valence-electron chi connectivity index (χ0n) is 11.4. The predicted octanol–water partition coefficient (Wildman–Crippen LogP) is 3.00. The molecule has 2 rings (SSSR count). The monoisotopic (exact) mass is 316 g/mol. The first-order valence-corrected chi connectivity index (χ1v) is 6.19. The number of carbonyl (C=O) groups excluding carboxylic acids is 1. The molecule has 2 N–H and O–H groups in total. The Morgan fingerprint density at radius 2 is 2.05 bits per heavy atom. The second kappa shape index (κ2) is 6.04. The lowest BCUT2D eigenvalue weighted by molar-refractivity contribution is -0.122. The molecule has 22 heavy (non-hydrogen) atoms. The quantitative estimate of drug-likeness (QED) is 0.855. The molecule has 0 saturated carbocycles. The molecule has 0 atom stereocenters. The molecule has 2 amide bonds. The number of nitrogens with zero attached hydrogens (tertiary/aromatic N) is 2. The fourth-order valence-electron chi connectivity index (χ4n) is 1.75. The number of amides is 2. The Bertz CT molecular complexity index is 681. The van der Waals surface area contributed by atoms with Gasteiger partial charge in [-0.15, -0.1) is 5.10 Å². The summed E-state index contributed by atoms with van der Waals surface area (Å²) in [5, 5.41) is 7.85. The summed E-state index contributed by atoms with van der Waals surface area (Å²) < 4.78 is 50.5. The molecule has 0 aliphatic rings. The van der Waals surface area contributed by atoms with Crippen molar-refractivity contribution in [1.29, 1.82) is 0 Å². The van der Waals surface area contributed by atoms with E-state index in [1.807, 2.05) is 0 Å². The summed E-state index contributed by atoms with van der Waals surface area (Å²) in [6.07, 6.45) is -4.49. The molecular formula is C13H12F4N4O. The largest absolute Gasteiger partial charge is 0.405 e. The minimum Gasteiger partial charge on any atom is -0.329 e. The molecule has 2 aromatic rings. The summed E-state index contributed by atoms with van der Waals surface area (Å²) in [5.74, 6) is -0.397. The van der Waals surface area contributed by atoms with E-state index in [0.29, 0.717) is 11.4 Å². The Hall–Kier alpha value is -2.58. The van der Waals surface area contributed by atoms with Crippen molar-refractivity contribution in [2.24, 2.45) is 0 Å². The molecule has 1 heterocycles. The minimum absolute atomic E-state index is 0.0569. The molecule has 0 unspecified atom stereocenters. The van der Waals surface area contributed by atoms with Crippen molar-refractivity contribution in [3.8, 4) is 5.69 Å². The van der Waals surface area contributed by atoms with E-state index in [-0.39, 0.29) is 5.82 Å². The summed E-state index contributed by atoms with van der Waals surface area (Å²) in [6, 6.07) is 6.05. The van der Waals surface area contributed by atoms with Crippen LogP contribution < -0.4 is 10.6 Å². The van der Waals surface area contributed by atoms with Gasteiger partial charge in [-0.25, -0.2) is 13.9 Å². The molecule has 0 aliphatic carbocycles. The van der Waals surface area contributed by atoms with E-state index < -0.39 is 24.6 Å². The Labute approximate surface area is 122 Å². The number of aryl methyl sites for hydroxylation is 1. The van der Waals surface area contributed by atoms with Crippen LogP contribution in [0.25, 0.3) is 5.69 Å². The molecule has 0 spiro atoms. The van der Waals surface area contributed by atoms with E-state index in [1.165, 1.54) is 28.9 Å². The van der Waals surface area contributed by atoms with Gasteiger partial charge in [0.15, 0.2) is 5.82 Å². The smallest absolute Gasteiger partial charge is 0.329 e. The average molecular weight is 316 g/mol. The molecule has 0 saturated heterocycles. The van der Waals surface area contributed by atoms with Crippen LogP contribution in [0.4, 0.5) is 28.2 Å². The van der Waals surface area contributed by atoms with E-state index >= 15 is 0 Å². The van der Waals surface area contributed by atoms with Crippen molar-refractivity contribution in [2.45, 2.75) is 13.1 Å². The number of aromatic nitrogens is 2. The zero-order chi connectivity index (χ0) is 16.3. The number of nitrogens with one attached hydrogen (secondary N) is 2. The maximum Gasteiger partial charge on any atom is 0.405 e. The molecule has 0 fully saturated rings. The van der Waals surface area contributed by atoms with Gasteiger partial charge in [0, 0.05) is 11.8 Å². The van der Waals surface area contributed by atoms with Crippen LogP contribution in [0.1, 0.15) is 5.69 Å². The minimum atomic E-state index is -4.49. The third-order valence-corrected chi connectivity index (χ3v) is 2.63. The number of rotatable bonds is 3. The summed E-state index contributed by atoms with van der Waals surface area (Å²) in [5.41, 5.74) is 1.01. The van der Waals surface area contributed by atoms with Gasteiger partial charge in [-0.05, 0) is 25.1 Å². The van der Waals surface area contributed by atoms with E-state index in [0.717, 1.165) is 0 Å². The average Bonchev–Trinajstić information content (AvgIpc) is 2.76. The van der Waals surface area contributed by atoms with E-state index in [9.17, 15) is 22.4 Å². The van der Waals surface area contributed by atoms with Gasteiger partial charge in [0.1, 0.15) is 12.4 Å². The van der Waals surface area contributed by atoms with Crippen molar-refractivity contribution in [3.63, 3.8) is 0 Å². The van der Waals surface area contributed by atoms with E-state index in [2.05, 4.69) is 10.4 Å². The fraction of sp³-hybridized carbons (Fsp3) is 0.231. The lowest BCUT2D eigenvalue weighted by Gasteiger charge is -2.08. The van der Waals surface area contributed by atoms with Crippen molar-refractivity contribution in [2.75, 3.05) is 11.9 Å². The van der Waals surface area contributed by atoms with Crippen LogP contribution in [0.5, 0.6) is 0 Å². The summed E-state index contributed by atoms with van der Waals surface area (Å²) in [6.45, 7) is 0.221. The maximum atomic E-state index is 13.2. The number of alkyl halides is 3. The van der Waals surface area contributed by atoms with Crippen molar-refractivity contribution in [1.82, 2.24) is 15.1 Å². The Morgan fingerprint density at radius 3 is 2.68 bits per heavy atom. The van der Waals surface area contributed by atoms with Gasteiger partial charge in [0.05, 0.1) is 5.69 Å². The number of halogens is 4. The Kier molecular flexibility index (Phi) is 4.34. The number of anilines is 1. The van der Waals surface area contributed by atoms with Gasteiger partial charge in [-0.1, -0.05) is 6.07 Å². The standard InChI is InChI=1S/C13H12F4N4O/c1-8-5-11(19-12(22)18-7-13(15,16)17)20-21(8)10-4-2-3-9(14)6-10/h2-6H,7H2,1H3,(H2,18,19,20,22). The highest BCUT2D eigenvalue weighted by Gasteiger charge is 2.27. The van der Waals surface area contributed by atoms with Gasteiger partial charge in [0.2, 0.25) is 0 Å². The van der Waals surface area contributed by atoms with Gasteiger partial charge in [-0.2, -0.15) is 13.2 Å². The highest BCUT2D eigenvalue weighted by atomic mass is 19.4. The number of urea groups is 1. The van der Waals surface area contributed by atoms with Gasteiger partial charge in [0.25, 0.3) is 0 Å². The lowest BCUT2D eigenvalue weighted by Crippen LogP contribution is -2.36. The van der Waals surface area contributed by atoms with Crippen LogP contribution in [0.2, 0.25) is 0 Å². The van der Waals surface area contributed by atoms with E-state index in [1.54, 1.807) is 18.3 Å². The number of benzene rings is 1. The van der Waals surface area contributed by atoms with Gasteiger partial charge < -0.3 is 5.32 Å². The third kappa shape index (κ3) is 4.21. The second-order valence-corrected chi connectivity index (χ2v) is 4.49. The SMILES string of the molecule is Cc1cc(NC(=O)NCC(F)(F)F)nn1-c1cccc(F)c1. The molecule has 0 radical (unpaired) electrons. The molecule has 1 aromatic carbocycles. The predicted molar refractivity (Wildman–Crippen MR) is 71.3 cm³/mol. The number of carbonyl (C=O) groups is 1. The normalized spacial score (nSPS) is 11.3. The first kappa shape index (κ1) is 15.8. The zero-order valence-corrected chi connectivity index (χ0v) is 11.4. The summed E-state index contributed by atoms with van der Waals surface area (Å²) in [4.78, 5) is 11.3. The van der Waals surface area contributed by atoms with Crippen LogP contribution in [-0.2, 0) is 0 Å². The van der Waals surface area contributed by atoms with Crippen LogP contribution >= 0.6 is 0 Å². The summed E-state index contributed by atoms with van der Waals surface area (Å²) in [7, 11) is 0. The first-order valence-electron chi connectivity index (χ1n) is 6.19. The Balaban J connectivity index is 2.08. The molecular weight excluding hydrogens is 304 g/mol. The molecule has 5 nitrogen and oxygen atoms in total. The van der Waals surface area contributed by atoms with Crippen LogP contribution in [0, 0.1) is 12.7 Å². The molecule has 9 heteroatoms. The third-order valence-electron chi connectivity index (χ3n) is 2.63. The number of hydrogen-bond acceptors (Lipinski definition) is 2. The number of hydrogen-bond donors (Lipinski definition) is 2. The lowest BCUT2D eigenvalue weighted by atomic mass is 10.3. The van der Waals surface area contributed by atoms with E-state index in [4.69, 9.17) is 0 Å². The molecule has 118 valence electrons. The highest BCUT2D eigenvalue weighted by molar-refractivity contribution is 5.88.